The lowest BCUT2D eigenvalue weighted by atomic mass is 9.82. The van der Waals surface area contributed by atoms with Crippen molar-refractivity contribution in [1.82, 2.24) is 14.4 Å². The van der Waals surface area contributed by atoms with E-state index in [0.717, 1.165) is 28.6 Å². The fraction of sp³-hybridized carbons (Fsp3) is 0.462. The number of likely N-dealkylation sites (N-methyl/N-ethyl adjacent to an activating group) is 1. The molecule has 0 unspecified atom stereocenters. The second-order valence-corrected chi connectivity index (χ2v) is 10.6. The van der Waals surface area contributed by atoms with Crippen LogP contribution in [-0.4, -0.2) is 58.5 Å². The van der Waals surface area contributed by atoms with Gasteiger partial charge in [-0.05, 0) is 50.0 Å². The van der Waals surface area contributed by atoms with Crippen LogP contribution in [0.4, 0.5) is 0 Å². The van der Waals surface area contributed by atoms with Crippen LogP contribution in [0, 0.1) is 0 Å². The number of fused-ring (bicyclic) bond motifs is 5. The number of hydrogen-bond acceptors (Lipinski definition) is 4. The van der Waals surface area contributed by atoms with Crippen molar-refractivity contribution in [1.29, 1.82) is 0 Å². The SMILES string of the molecule is CN(C)CC(=O)N1CCn2c(c(C3CCCCC3)c3sc(C(=O)O)cc32)-c2ccccc2C1. The van der Waals surface area contributed by atoms with Crippen molar-refractivity contribution in [3.05, 3.63) is 46.3 Å². The zero-order valence-corrected chi connectivity index (χ0v) is 20.2. The van der Waals surface area contributed by atoms with E-state index in [9.17, 15) is 14.7 Å². The highest BCUT2D eigenvalue weighted by Crippen LogP contribution is 2.47. The van der Waals surface area contributed by atoms with Crippen molar-refractivity contribution in [3.63, 3.8) is 0 Å². The molecule has 2 aliphatic rings. The van der Waals surface area contributed by atoms with E-state index >= 15 is 0 Å². The van der Waals surface area contributed by atoms with Crippen LogP contribution in [0.15, 0.2) is 30.3 Å². The summed E-state index contributed by atoms with van der Waals surface area (Å²) in [4.78, 5) is 29.1. The Morgan fingerprint density at radius 1 is 1.12 bits per heavy atom. The van der Waals surface area contributed by atoms with Gasteiger partial charge in [-0.1, -0.05) is 43.5 Å². The molecule has 1 aliphatic heterocycles. The molecule has 1 N–H and O–H groups in total. The number of rotatable bonds is 4. The predicted octanol–water partition coefficient (Wildman–Crippen LogP) is 5.02. The summed E-state index contributed by atoms with van der Waals surface area (Å²) >= 11 is 1.42. The second kappa shape index (κ2) is 8.95. The molecule has 2 aromatic heterocycles. The van der Waals surface area contributed by atoms with E-state index < -0.39 is 5.97 Å². The predicted molar refractivity (Wildman–Crippen MR) is 132 cm³/mol. The van der Waals surface area contributed by atoms with Crippen LogP contribution in [0.5, 0.6) is 0 Å². The number of amides is 1. The summed E-state index contributed by atoms with van der Waals surface area (Å²) in [6.45, 7) is 2.26. The van der Waals surface area contributed by atoms with E-state index in [1.54, 1.807) is 0 Å². The summed E-state index contributed by atoms with van der Waals surface area (Å²) in [5, 5.41) is 9.71. The first-order valence-electron chi connectivity index (χ1n) is 11.8. The molecule has 3 heterocycles. The maximum absolute atomic E-state index is 13.0. The number of carboxylic acid groups (broad SMARTS) is 1. The Morgan fingerprint density at radius 3 is 2.61 bits per heavy atom. The quantitative estimate of drug-likeness (QED) is 0.588. The number of aromatic carboxylic acids is 1. The molecular weight excluding hydrogens is 434 g/mol. The van der Waals surface area contributed by atoms with E-state index in [-0.39, 0.29) is 5.91 Å². The molecule has 6 nitrogen and oxygen atoms in total. The topological polar surface area (TPSA) is 65.8 Å². The van der Waals surface area contributed by atoms with Crippen LogP contribution < -0.4 is 0 Å². The van der Waals surface area contributed by atoms with Crippen molar-refractivity contribution in [2.45, 2.75) is 51.1 Å². The molecule has 1 aliphatic carbocycles. The third-order valence-electron chi connectivity index (χ3n) is 7.03. The summed E-state index contributed by atoms with van der Waals surface area (Å²) in [6.07, 6.45) is 6.04. The molecule has 0 atom stereocenters. The minimum absolute atomic E-state index is 0.116. The van der Waals surface area contributed by atoms with Crippen LogP contribution in [0.3, 0.4) is 0 Å². The van der Waals surface area contributed by atoms with E-state index in [1.165, 1.54) is 47.4 Å². The van der Waals surface area contributed by atoms with Crippen molar-refractivity contribution in [2.24, 2.45) is 0 Å². The number of thiophene rings is 1. The molecule has 0 bridgehead atoms. The Bertz CT molecular complexity index is 1200. The van der Waals surface area contributed by atoms with Gasteiger partial charge in [-0.25, -0.2) is 4.79 Å². The number of nitrogens with zero attached hydrogens (tertiary/aromatic N) is 3. The lowest BCUT2D eigenvalue weighted by Crippen LogP contribution is -2.40. The highest BCUT2D eigenvalue weighted by Gasteiger charge is 2.31. The van der Waals surface area contributed by atoms with Gasteiger partial charge in [0.05, 0.1) is 22.5 Å². The molecule has 5 rings (SSSR count). The van der Waals surface area contributed by atoms with Crippen LogP contribution in [0.2, 0.25) is 0 Å². The Balaban J connectivity index is 1.70. The van der Waals surface area contributed by atoms with Gasteiger partial charge in [0.25, 0.3) is 0 Å². The van der Waals surface area contributed by atoms with Gasteiger partial charge in [0, 0.05) is 25.2 Å². The fourth-order valence-electron chi connectivity index (χ4n) is 5.52. The molecule has 1 aromatic carbocycles. The molecule has 7 heteroatoms. The van der Waals surface area contributed by atoms with E-state index in [2.05, 4.69) is 22.8 Å². The van der Waals surface area contributed by atoms with E-state index in [0.29, 0.717) is 37.0 Å². The number of carbonyl (C=O) groups excluding carboxylic acids is 1. The van der Waals surface area contributed by atoms with Crippen molar-refractivity contribution >= 4 is 33.4 Å². The first kappa shape index (κ1) is 22.2. The van der Waals surface area contributed by atoms with Crippen LogP contribution >= 0.6 is 11.3 Å². The highest BCUT2D eigenvalue weighted by atomic mass is 32.1. The second-order valence-electron chi connectivity index (χ2n) is 9.59. The van der Waals surface area contributed by atoms with Crippen LogP contribution in [-0.2, 0) is 17.9 Å². The third-order valence-corrected chi connectivity index (χ3v) is 8.17. The Hall–Kier alpha value is -2.64. The summed E-state index contributed by atoms with van der Waals surface area (Å²) in [7, 11) is 3.83. The molecular formula is C26H31N3O3S. The zero-order chi connectivity index (χ0) is 23.1. The van der Waals surface area contributed by atoms with Crippen LogP contribution in [0.1, 0.15) is 58.8 Å². The smallest absolute Gasteiger partial charge is 0.345 e. The van der Waals surface area contributed by atoms with Gasteiger partial charge in [0.2, 0.25) is 5.91 Å². The fourth-order valence-corrected chi connectivity index (χ4v) is 6.65. The maximum Gasteiger partial charge on any atom is 0.345 e. The number of aromatic nitrogens is 1. The first-order valence-corrected chi connectivity index (χ1v) is 12.7. The lowest BCUT2D eigenvalue weighted by molar-refractivity contribution is -0.132. The van der Waals surface area contributed by atoms with E-state index in [1.807, 2.05) is 36.0 Å². The lowest BCUT2D eigenvalue weighted by Gasteiger charge is -2.30. The van der Waals surface area contributed by atoms with Gasteiger partial charge in [0.1, 0.15) is 4.88 Å². The number of carbonyl (C=O) groups is 2. The summed E-state index contributed by atoms with van der Waals surface area (Å²) < 4.78 is 3.42. The number of hydrogen-bond donors (Lipinski definition) is 1. The largest absolute Gasteiger partial charge is 0.477 e. The molecule has 1 saturated carbocycles. The standard InChI is InChI=1S/C26H31N3O3S/c1-27(2)16-22(30)28-12-13-29-20-14-21(26(31)32)33-25(20)23(17-8-4-3-5-9-17)24(29)19-11-7-6-10-18(19)15-28/h6-7,10-11,14,17H,3-5,8-9,12-13,15-16H2,1-2H3,(H,31,32). The van der Waals surface area contributed by atoms with Gasteiger partial charge in [-0.3, -0.25) is 4.79 Å². The van der Waals surface area contributed by atoms with Crippen molar-refractivity contribution in [3.8, 4) is 11.3 Å². The van der Waals surface area contributed by atoms with Gasteiger partial charge in [-0.15, -0.1) is 11.3 Å². The molecule has 1 amide bonds. The summed E-state index contributed by atoms with van der Waals surface area (Å²) in [5.74, 6) is -0.295. The minimum atomic E-state index is -0.867. The molecule has 0 spiro atoms. The van der Waals surface area contributed by atoms with Crippen LogP contribution in [0.25, 0.3) is 21.5 Å². The molecule has 0 radical (unpaired) electrons. The van der Waals surface area contributed by atoms with Gasteiger partial charge in [0.15, 0.2) is 0 Å². The zero-order valence-electron chi connectivity index (χ0n) is 19.3. The molecule has 174 valence electrons. The molecule has 0 saturated heterocycles. The minimum Gasteiger partial charge on any atom is -0.477 e. The third kappa shape index (κ3) is 4.08. The van der Waals surface area contributed by atoms with Crippen molar-refractivity contribution < 1.29 is 14.7 Å². The average Bonchev–Trinajstić information content (AvgIpc) is 3.33. The maximum atomic E-state index is 13.0. The van der Waals surface area contributed by atoms with Crippen molar-refractivity contribution in [2.75, 3.05) is 27.2 Å². The van der Waals surface area contributed by atoms with E-state index in [4.69, 9.17) is 0 Å². The Morgan fingerprint density at radius 2 is 1.88 bits per heavy atom. The normalized spacial score (nSPS) is 17.0. The highest BCUT2D eigenvalue weighted by molar-refractivity contribution is 7.21. The van der Waals surface area contributed by atoms with Gasteiger partial charge >= 0.3 is 5.97 Å². The molecule has 33 heavy (non-hydrogen) atoms. The van der Waals surface area contributed by atoms with Gasteiger partial charge in [-0.2, -0.15) is 0 Å². The molecule has 1 fully saturated rings. The first-order chi connectivity index (χ1) is 15.9. The average molecular weight is 466 g/mol. The summed E-state index contributed by atoms with van der Waals surface area (Å²) in [6, 6.07) is 10.3. The molecule has 3 aromatic rings. The Kier molecular flexibility index (Phi) is 6.01. The van der Waals surface area contributed by atoms with Gasteiger partial charge < -0.3 is 19.5 Å². The Labute approximate surface area is 198 Å². The number of carboxylic acids is 1. The number of benzene rings is 1. The summed E-state index contributed by atoms with van der Waals surface area (Å²) in [5.41, 5.74) is 5.93. The monoisotopic (exact) mass is 465 g/mol.